The average molecular weight is 534 g/mol. The van der Waals surface area contributed by atoms with Crippen molar-refractivity contribution in [1.82, 2.24) is 20.0 Å². The van der Waals surface area contributed by atoms with Gasteiger partial charge in [0.15, 0.2) is 11.5 Å². The molecule has 8 nitrogen and oxygen atoms in total. The van der Waals surface area contributed by atoms with Gasteiger partial charge in [-0.15, -0.1) is 23.4 Å². The van der Waals surface area contributed by atoms with E-state index in [4.69, 9.17) is 0 Å². The van der Waals surface area contributed by atoms with E-state index >= 15 is 0 Å². The highest BCUT2D eigenvalue weighted by Gasteiger charge is 2.32. The smallest absolute Gasteiger partial charge is 0.404 e. The predicted molar refractivity (Wildman–Crippen MR) is 134 cm³/mol. The summed E-state index contributed by atoms with van der Waals surface area (Å²) < 4.78 is 43.0. The fourth-order valence-electron chi connectivity index (χ4n) is 3.93. The van der Waals surface area contributed by atoms with Crippen LogP contribution in [0.2, 0.25) is 0 Å². The van der Waals surface area contributed by atoms with E-state index in [0.717, 1.165) is 31.1 Å². The number of rotatable bonds is 8. The number of hydrogen-bond acceptors (Lipinski definition) is 8. The van der Waals surface area contributed by atoms with Crippen LogP contribution in [-0.2, 0) is 11.2 Å². The maximum absolute atomic E-state index is 13.0. The number of benzene rings is 2. The molecule has 2 heterocycles. The van der Waals surface area contributed by atoms with E-state index in [2.05, 4.69) is 25.2 Å². The molecule has 0 aliphatic carbocycles. The zero-order chi connectivity index (χ0) is 26.4. The zero-order valence-corrected chi connectivity index (χ0v) is 20.9. The van der Waals surface area contributed by atoms with Gasteiger partial charge in [0.1, 0.15) is 10.0 Å². The molecule has 0 atom stereocenters. The van der Waals surface area contributed by atoms with E-state index in [1.54, 1.807) is 0 Å². The number of amides is 1. The number of Topliss-reactive ketones (excluding diaryl/α,β-unsaturated/α-hetero) is 1. The van der Waals surface area contributed by atoms with Crippen molar-refractivity contribution in [2.24, 2.45) is 0 Å². The Balaban J connectivity index is 1.48. The number of ketones is 1. The van der Waals surface area contributed by atoms with E-state index < -0.39 is 18.0 Å². The lowest BCUT2D eigenvalue weighted by atomic mass is 10.1. The predicted octanol–water partition coefficient (Wildman–Crippen LogP) is 4.11. The Morgan fingerprint density at radius 2 is 1.84 bits per heavy atom. The monoisotopic (exact) mass is 533 g/mol. The van der Waals surface area contributed by atoms with Gasteiger partial charge < -0.3 is 15.0 Å². The number of carbonyl (C=O) groups excluding carboxylic acids is 2. The summed E-state index contributed by atoms with van der Waals surface area (Å²) in [5, 5.41) is 11.8. The van der Waals surface area contributed by atoms with Crippen LogP contribution in [0.4, 0.5) is 18.9 Å². The van der Waals surface area contributed by atoms with Crippen LogP contribution in [0.25, 0.3) is 10.6 Å². The first kappa shape index (κ1) is 26.7. The Hall–Kier alpha value is -3.35. The zero-order valence-electron chi connectivity index (χ0n) is 20.1. The Labute approximate surface area is 216 Å². The van der Waals surface area contributed by atoms with Crippen molar-refractivity contribution in [3.63, 3.8) is 0 Å². The second-order valence-electron chi connectivity index (χ2n) is 8.71. The van der Waals surface area contributed by atoms with Crippen LogP contribution in [-0.4, -0.2) is 77.8 Å². The highest BCUT2D eigenvalue weighted by Crippen LogP contribution is 2.32. The second-order valence-corrected chi connectivity index (χ2v) is 9.77. The molecule has 0 radical (unpaired) electrons. The lowest BCUT2D eigenvalue weighted by Gasteiger charge is -2.20. The van der Waals surface area contributed by atoms with Gasteiger partial charge in [0.05, 0.1) is 18.7 Å². The van der Waals surface area contributed by atoms with Crippen LogP contribution < -0.4 is 10.1 Å². The third-order valence-corrected chi connectivity index (χ3v) is 6.75. The third kappa shape index (κ3) is 7.81. The molecule has 0 unspecified atom stereocenters. The molecule has 1 amide bonds. The van der Waals surface area contributed by atoms with Gasteiger partial charge in [-0.05, 0) is 44.8 Å². The first-order chi connectivity index (χ1) is 17.7. The van der Waals surface area contributed by atoms with Crippen molar-refractivity contribution in [3.8, 4) is 16.3 Å². The molecule has 0 bridgehead atoms. The lowest BCUT2D eigenvalue weighted by Crippen LogP contribution is -2.36. The molecule has 1 saturated heterocycles. The number of ether oxygens (including phenoxy) is 1. The highest BCUT2D eigenvalue weighted by atomic mass is 32.1. The molecule has 196 valence electrons. The number of likely N-dealkylation sites (N-methyl/N-ethyl adjacent to an activating group) is 1. The number of alkyl halides is 3. The van der Waals surface area contributed by atoms with Gasteiger partial charge in [-0.25, -0.2) is 0 Å². The van der Waals surface area contributed by atoms with E-state index in [-0.39, 0.29) is 30.0 Å². The van der Waals surface area contributed by atoms with Gasteiger partial charge >= 0.3 is 6.36 Å². The normalized spacial score (nSPS) is 15.2. The van der Waals surface area contributed by atoms with Crippen LogP contribution >= 0.6 is 11.3 Å². The van der Waals surface area contributed by atoms with Gasteiger partial charge in [0.2, 0.25) is 5.91 Å². The summed E-state index contributed by atoms with van der Waals surface area (Å²) in [5.74, 6) is -1.45. The Kier molecular flexibility index (Phi) is 8.52. The number of halogens is 3. The van der Waals surface area contributed by atoms with Gasteiger partial charge in [0.25, 0.3) is 0 Å². The first-order valence-corrected chi connectivity index (χ1v) is 12.5. The lowest BCUT2D eigenvalue weighted by molar-refractivity contribution is -0.274. The average Bonchev–Trinajstić information content (AvgIpc) is 3.22. The van der Waals surface area contributed by atoms with Crippen LogP contribution in [0.1, 0.15) is 21.8 Å². The molecule has 0 saturated carbocycles. The summed E-state index contributed by atoms with van der Waals surface area (Å²) in [6.07, 6.45) is -4.16. The van der Waals surface area contributed by atoms with E-state index in [0.29, 0.717) is 23.1 Å². The van der Waals surface area contributed by atoms with Crippen molar-refractivity contribution in [3.05, 3.63) is 59.1 Å². The third-order valence-electron chi connectivity index (χ3n) is 5.78. The van der Waals surface area contributed by atoms with Crippen molar-refractivity contribution in [2.75, 3.05) is 45.1 Å². The summed E-state index contributed by atoms with van der Waals surface area (Å²) >= 11 is 1.26. The summed E-state index contributed by atoms with van der Waals surface area (Å²) in [6, 6.07) is 12.9. The molecule has 1 aliphatic heterocycles. The fourth-order valence-corrected chi connectivity index (χ4v) is 4.77. The minimum absolute atomic E-state index is 0.0184. The molecule has 37 heavy (non-hydrogen) atoms. The van der Waals surface area contributed by atoms with Crippen LogP contribution in [0, 0.1) is 0 Å². The molecule has 12 heteroatoms. The number of carbonyl (C=O) groups is 2. The fraction of sp³-hybridized carbons (Fsp3) is 0.360. The van der Waals surface area contributed by atoms with Crippen LogP contribution in [0.3, 0.4) is 0 Å². The van der Waals surface area contributed by atoms with Gasteiger partial charge in [-0.3, -0.25) is 14.5 Å². The Morgan fingerprint density at radius 1 is 1.05 bits per heavy atom. The minimum Gasteiger partial charge on any atom is -0.404 e. The number of anilines is 1. The molecule has 4 rings (SSSR count). The quantitative estimate of drug-likeness (QED) is 0.436. The van der Waals surface area contributed by atoms with Crippen molar-refractivity contribution in [1.29, 1.82) is 0 Å². The molecule has 0 spiro atoms. The molecule has 2 aromatic carbocycles. The molecule has 1 fully saturated rings. The summed E-state index contributed by atoms with van der Waals surface area (Å²) in [5.41, 5.74) is 0.772. The number of hydrogen-bond donors (Lipinski definition) is 1. The van der Waals surface area contributed by atoms with Crippen LogP contribution in [0.15, 0.2) is 48.5 Å². The van der Waals surface area contributed by atoms with Gasteiger partial charge in [-0.2, -0.15) is 0 Å². The van der Waals surface area contributed by atoms with Crippen molar-refractivity contribution in [2.45, 2.75) is 19.2 Å². The van der Waals surface area contributed by atoms with Crippen molar-refractivity contribution < 1.29 is 27.5 Å². The summed E-state index contributed by atoms with van der Waals surface area (Å²) in [6.45, 7) is 3.09. The van der Waals surface area contributed by atoms with E-state index in [1.807, 2.05) is 42.3 Å². The Morgan fingerprint density at radius 3 is 2.59 bits per heavy atom. The molecule has 1 aromatic heterocycles. The van der Waals surface area contributed by atoms with Crippen LogP contribution in [0.5, 0.6) is 5.75 Å². The second kappa shape index (κ2) is 11.8. The first-order valence-electron chi connectivity index (χ1n) is 11.7. The minimum atomic E-state index is -4.96. The molecule has 3 aromatic rings. The number of aromatic nitrogens is 2. The topological polar surface area (TPSA) is 87.7 Å². The maximum atomic E-state index is 13.0. The maximum Gasteiger partial charge on any atom is 0.573 e. The Bertz CT molecular complexity index is 1240. The number of nitrogens with one attached hydrogen (secondary N) is 1. The van der Waals surface area contributed by atoms with E-state index in [1.165, 1.54) is 23.5 Å². The highest BCUT2D eigenvalue weighted by molar-refractivity contribution is 7.14. The summed E-state index contributed by atoms with van der Waals surface area (Å²) in [4.78, 5) is 29.7. The molecule has 1 N–H and O–H groups in total. The molecular formula is C25H26F3N5O3S. The van der Waals surface area contributed by atoms with Gasteiger partial charge in [-0.1, -0.05) is 41.7 Å². The van der Waals surface area contributed by atoms with Crippen molar-refractivity contribution >= 4 is 28.7 Å². The molecular weight excluding hydrogens is 507 g/mol. The number of nitrogens with zero attached hydrogens (tertiary/aromatic N) is 4. The summed E-state index contributed by atoms with van der Waals surface area (Å²) in [7, 11) is 2.00. The van der Waals surface area contributed by atoms with Gasteiger partial charge in [0, 0.05) is 24.2 Å². The molecule has 1 aliphatic rings. The standard InChI is InChI=1S/C25H26F3N5O3S/c1-32-10-5-11-33(13-12-32)16-22(35)29-19-14-18(8-9-21(19)36-25(26,27)28)20(34)15-23-30-31-24(37-23)17-6-3-2-4-7-17/h2-4,6-9,14H,5,10-13,15-16H2,1H3,(H,29,35). The largest absolute Gasteiger partial charge is 0.573 e. The SMILES string of the molecule is CN1CCCN(CC(=O)Nc2cc(C(=O)Cc3nnc(-c4ccccc4)s3)ccc2OC(F)(F)F)CC1. The van der Waals surface area contributed by atoms with E-state index in [9.17, 15) is 22.8 Å².